The van der Waals surface area contributed by atoms with Crippen molar-refractivity contribution in [2.45, 2.75) is 6.92 Å². The highest BCUT2D eigenvalue weighted by Gasteiger charge is 2.14. The number of aromatic nitrogens is 2. The average Bonchev–Trinajstić information content (AvgIpc) is 3.37. The summed E-state index contributed by atoms with van der Waals surface area (Å²) >= 11 is 0. The van der Waals surface area contributed by atoms with Gasteiger partial charge in [-0.15, -0.1) is 0 Å². The van der Waals surface area contributed by atoms with Crippen LogP contribution in [0.25, 0.3) is 55.0 Å². The molecule has 0 atom stereocenters. The number of benzene rings is 5. The summed E-state index contributed by atoms with van der Waals surface area (Å²) in [5.41, 5.74) is 8.58. The summed E-state index contributed by atoms with van der Waals surface area (Å²) < 4.78 is 4.75. The molecule has 0 saturated heterocycles. The second-order valence-corrected chi connectivity index (χ2v) is 8.76. The van der Waals surface area contributed by atoms with Crippen molar-refractivity contribution < 1.29 is 0 Å². The van der Waals surface area contributed by atoms with Gasteiger partial charge in [0.1, 0.15) is 0 Å². The van der Waals surface area contributed by atoms with Crippen molar-refractivity contribution >= 4 is 43.6 Å². The van der Waals surface area contributed by atoms with Gasteiger partial charge >= 0.3 is 0 Å². The van der Waals surface area contributed by atoms with Gasteiger partial charge in [0.2, 0.25) is 0 Å². The Kier molecular flexibility index (Phi) is 3.80. The molecule has 156 valence electrons. The monoisotopic (exact) mass is 422 g/mol. The topological polar surface area (TPSA) is 9.86 Å². The summed E-state index contributed by atoms with van der Waals surface area (Å²) in [6.07, 6.45) is 0. The SMILES string of the molecule is Cc1ccc2c3ccccc3n(-c3ccc(-n4c5ccccc5c5ccccc54)cc3)c2c1. The molecule has 5 aromatic carbocycles. The first-order chi connectivity index (χ1) is 16.3. The average molecular weight is 423 g/mol. The zero-order chi connectivity index (χ0) is 21.9. The lowest BCUT2D eigenvalue weighted by atomic mass is 10.1. The summed E-state index contributed by atoms with van der Waals surface area (Å²) in [5.74, 6) is 0. The number of rotatable bonds is 2. The Labute approximate surface area is 191 Å². The Balaban J connectivity index is 1.47. The van der Waals surface area contributed by atoms with Crippen LogP contribution in [0.3, 0.4) is 0 Å². The largest absolute Gasteiger partial charge is 0.309 e. The number of nitrogens with zero attached hydrogens (tertiary/aromatic N) is 2. The molecule has 2 heteroatoms. The molecular formula is C31H22N2. The minimum absolute atomic E-state index is 1.17. The molecule has 0 aliphatic carbocycles. The van der Waals surface area contributed by atoms with Gasteiger partial charge in [0.15, 0.2) is 0 Å². The van der Waals surface area contributed by atoms with E-state index in [1.54, 1.807) is 0 Å². The van der Waals surface area contributed by atoms with Gasteiger partial charge in [-0.25, -0.2) is 0 Å². The normalized spacial score (nSPS) is 11.8. The molecule has 0 fully saturated rings. The maximum atomic E-state index is 2.38. The van der Waals surface area contributed by atoms with Crippen LogP contribution in [0, 0.1) is 6.92 Å². The number of aryl methyl sites for hydroxylation is 1. The predicted octanol–water partition coefficient (Wildman–Crippen LogP) is 8.19. The Bertz CT molecular complexity index is 1760. The van der Waals surface area contributed by atoms with E-state index < -0.39 is 0 Å². The minimum Gasteiger partial charge on any atom is -0.309 e. The minimum atomic E-state index is 1.17. The van der Waals surface area contributed by atoms with Gasteiger partial charge in [-0.1, -0.05) is 66.7 Å². The lowest BCUT2D eigenvalue weighted by Gasteiger charge is -2.12. The van der Waals surface area contributed by atoms with Crippen molar-refractivity contribution in [1.29, 1.82) is 0 Å². The van der Waals surface area contributed by atoms with Crippen molar-refractivity contribution in [1.82, 2.24) is 9.13 Å². The highest BCUT2D eigenvalue weighted by molar-refractivity contribution is 6.10. The van der Waals surface area contributed by atoms with Crippen LogP contribution in [0.15, 0.2) is 115 Å². The molecule has 0 bridgehead atoms. The van der Waals surface area contributed by atoms with Crippen molar-refractivity contribution in [2.75, 3.05) is 0 Å². The van der Waals surface area contributed by atoms with E-state index in [9.17, 15) is 0 Å². The van der Waals surface area contributed by atoms with Crippen LogP contribution in [-0.2, 0) is 0 Å². The maximum Gasteiger partial charge on any atom is 0.0543 e. The van der Waals surface area contributed by atoms with E-state index in [0.29, 0.717) is 0 Å². The first kappa shape index (κ1) is 18.3. The van der Waals surface area contributed by atoms with Crippen LogP contribution in [0.2, 0.25) is 0 Å². The lowest BCUT2D eigenvalue weighted by molar-refractivity contribution is 1.14. The van der Waals surface area contributed by atoms with Crippen molar-refractivity contribution in [3.63, 3.8) is 0 Å². The summed E-state index contributed by atoms with van der Waals surface area (Å²) in [6.45, 7) is 2.16. The molecule has 0 aliphatic heterocycles. The molecule has 0 radical (unpaired) electrons. The van der Waals surface area contributed by atoms with Gasteiger partial charge in [-0.2, -0.15) is 0 Å². The third-order valence-electron chi connectivity index (χ3n) is 6.78. The van der Waals surface area contributed by atoms with E-state index >= 15 is 0 Å². The fourth-order valence-electron chi connectivity index (χ4n) is 5.31. The van der Waals surface area contributed by atoms with E-state index in [0.717, 1.165) is 0 Å². The Hall–Kier alpha value is -4.30. The highest BCUT2D eigenvalue weighted by atomic mass is 15.0. The van der Waals surface area contributed by atoms with Crippen LogP contribution in [-0.4, -0.2) is 9.13 Å². The second kappa shape index (κ2) is 6.85. The molecule has 0 saturated carbocycles. The predicted molar refractivity (Wildman–Crippen MR) is 140 cm³/mol. The number of hydrogen-bond donors (Lipinski definition) is 0. The van der Waals surface area contributed by atoms with Gasteiger partial charge < -0.3 is 9.13 Å². The van der Waals surface area contributed by atoms with Crippen LogP contribution in [0.4, 0.5) is 0 Å². The van der Waals surface area contributed by atoms with Crippen molar-refractivity contribution in [3.05, 3.63) is 121 Å². The Morgan fingerprint density at radius 3 is 1.27 bits per heavy atom. The molecule has 2 heterocycles. The number of fused-ring (bicyclic) bond motifs is 6. The zero-order valence-corrected chi connectivity index (χ0v) is 18.4. The summed E-state index contributed by atoms with van der Waals surface area (Å²) in [5, 5.41) is 5.16. The van der Waals surface area contributed by atoms with E-state index in [4.69, 9.17) is 0 Å². The molecule has 0 amide bonds. The summed E-state index contributed by atoms with van der Waals surface area (Å²) in [4.78, 5) is 0. The van der Waals surface area contributed by atoms with Crippen LogP contribution >= 0.6 is 0 Å². The molecule has 2 nitrogen and oxygen atoms in total. The number of para-hydroxylation sites is 3. The Morgan fingerprint density at radius 1 is 0.394 bits per heavy atom. The molecule has 0 N–H and O–H groups in total. The molecule has 33 heavy (non-hydrogen) atoms. The highest BCUT2D eigenvalue weighted by Crippen LogP contribution is 2.34. The smallest absolute Gasteiger partial charge is 0.0543 e. The first-order valence-corrected chi connectivity index (χ1v) is 11.4. The standard InChI is InChI=1S/C31H22N2/c1-21-14-19-27-26-10-4-7-13-30(26)33(31(27)20-21)23-17-15-22(16-18-23)32-28-11-5-2-8-24(28)25-9-3-6-12-29(25)32/h2-20H,1H3. The molecule has 0 aliphatic rings. The third kappa shape index (κ3) is 2.61. The molecular weight excluding hydrogens is 400 g/mol. The van der Waals surface area contributed by atoms with E-state index in [2.05, 4.69) is 131 Å². The zero-order valence-electron chi connectivity index (χ0n) is 18.4. The molecule has 7 rings (SSSR count). The van der Waals surface area contributed by atoms with Crippen molar-refractivity contribution in [3.8, 4) is 11.4 Å². The summed E-state index contributed by atoms with van der Waals surface area (Å²) in [7, 11) is 0. The fraction of sp³-hybridized carbons (Fsp3) is 0.0323. The van der Waals surface area contributed by atoms with E-state index in [1.165, 1.54) is 60.5 Å². The van der Waals surface area contributed by atoms with Crippen LogP contribution in [0.5, 0.6) is 0 Å². The van der Waals surface area contributed by atoms with Crippen molar-refractivity contribution in [2.24, 2.45) is 0 Å². The molecule has 0 unspecified atom stereocenters. The van der Waals surface area contributed by atoms with Crippen LogP contribution < -0.4 is 0 Å². The van der Waals surface area contributed by atoms with E-state index in [-0.39, 0.29) is 0 Å². The van der Waals surface area contributed by atoms with Gasteiger partial charge in [0.25, 0.3) is 0 Å². The number of hydrogen-bond acceptors (Lipinski definition) is 0. The third-order valence-corrected chi connectivity index (χ3v) is 6.78. The van der Waals surface area contributed by atoms with Gasteiger partial charge in [0, 0.05) is 32.9 Å². The molecule has 2 aromatic heterocycles. The Morgan fingerprint density at radius 2 is 0.788 bits per heavy atom. The quantitative estimate of drug-likeness (QED) is 0.266. The first-order valence-electron chi connectivity index (χ1n) is 11.4. The van der Waals surface area contributed by atoms with Gasteiger partial charge in [-0.3, -0.25) is 0 Å². The summed E-state index contributed by atoms with van der Waals surface area (Å²) in [6, 6.07) is 41.7. The van der Waals surface area contributed by atoms with Gasteiger partial charge in [-0.05, 0) is 61.0 Å². The fourth-order valence-corrected chi connectivity index (χ4v) is 5.31. The maximum absolute atomic E-state index is 2.38. The second-order valence-electron chi connectivity index (χ2n) is 8.76. The molecule has 0 spiro atoms. The molecule has 7 aromatic rings. The van der Waals surface area contributed by atoms with E-state index in [1.807, 2.05) is 0 Å². The lowest BCUT2D eigenvalue weighted by Crippen LogP contribution is -1.97. The van der Waals surface area contributed by atoms with Gasteiger partial charge in [0.05, 0.1) is 22.1 Å². The van der Waals surface area contributed by atoms with Crippen LogP contribution in [0.1, 0.15) is 5.56 Å².